The molecule has 1 rings (SSSR count). The van der Waals surface area contributed by atoms with Gasteiger partial charge in [-0.3, -0.25) is 0 Å². The quantitative estimate of drug-likeness (QED) is 0.643. The van der Waals surface area contributed by atoms with E-state index in [9.17, 15) is 9.59 Å². The number of allylic oxidation sites excluding steroid dienone is 2. The molecule has 0 spiro atoms. The summed E-state index contributed by atoms with van der Waals surface area (Å²) < 4.78 is 9.19. The summed E-state index contributed by atoms with van der Waals surface area (Å²) in [5.74, 6) is -1.03. The number of hydrogen-bond acceptors (Lipinski definition) is 4. The first-order valence-corrected chi connectivity index (χ1v) is 4.54. The Morgan fingerprint density at radius 3 is 1.60 bits per heavy atom. The van der Waals surface area contributed by atoms with Gasteiger partial charge in [0.1, 0.15) is 0 Å². The van der Waals surface area contributed by atoms with E-state index in [2.05, 4.69) is 9.47 Å². The summed E-state index contributed by atoms with van der Waals surface area (Å²) >= 11 is 0. The maximum Gasteiger partial charge on any atom is 0.338 e. The summed E-state index contributed by atoms with van der Waals surface area (Å²) in [6.07, 6.45) is 3.40. The molecule has 1 aliphatic rings. The molecule has 0 bridgehead atoms. The third kappa shape index (κ3) is 2.26. The van der Waals surface area contributed by atoms with Gasteiger partial charge in [0.05, 0.1) is 25.4 Å². The molecule has 0 aromatic rings. The predicted molar refractivity (Wildman–Crippen MR) is 54.0 cm³/mol. The molecule has 0 atom stereocenters. The summed E-state index contributed by atoms with van der Waals surface area (Å²) in [7, 11) is 2.56. The first kappa shape index (κ1) is 11.5. The lowest BCUT2D eigenvalue weighted by molar-refractivity contribution is -0.139. The fraction of sp³-hybridized carbons (Fsp3) is 0.455. The van der Waals surface area contributed by atoms with Crippen molar-refractivity contribution in [1.29, 1.82) is 0 Å². The van der Waals surface area contributed by atoms with Crippen molar-refractivity contribution in [2.24, 2.45) is 5.41 Å². The zero-order valence-corrected chi connectivity index (χ0v) is 9.29. The number of hydrogen-bond donors (Lipinski definition) is 0. The van der Waals surface area contributed by atoms with Gasteiger partial charge in [0, 0.05) is 5.41 Å². The molecule has 0 aliphatic heterocycles. The van der Waals surface area contributed by atoms with E-state index in [0.29, 0.717) is 0 Å². The topological polar surface area (TPSA) is 52.6 Å². The van der Waals surface area contributed by atoms with Crippen molar-refractivity contribution >= 4 is 11.9 Å². The first-order valence-electron chi connectivity index (χ1n) is 4.54. The van der Waals surface area contributed by atoms with Gasteiger partial charge in [-0.25, -0.2) is 9.59 Å². The second-order valence-electron chi connectivity index (χ2n) is 3.92. The molecule has 4 nitrogen and oxygen atoms in total. The molecular formula is C11H14O4. The minimum atomic E-state index is -0.516. The third-order valence-electron chi connectivity index (χ3n) is 2.13. The minimum Gasteiger partial charge on any atom is -0.465 e. The molecule has 0 saturated carbocycles. The molecule has 0 aromatic heterocycles. The van der Waals surface area contributed by atoms with Gasteiger partial charge in [0.15, 0.2) is 0 Å². The number of ether oxygens (including phenoxy) is 2. The maximum atomic E-state index is 11.4. The Kier molecular flexibility index (Phi) is 2.98. The maximum absolute atomic E-state index is 11.4. The number of esters is 2. The van der Waals surface area contributed by atoms with Crippen LogP contribution in [0.3, 0.4) is 0 Å². The highest BCUT2D eigenvalue weighted by Gasteiger charge is 2.32. The number of rotatable bonds is 2. The van der Waals surface area contributed by atoms with E-state index >= 15 is 0 Å². The van der Waals surface area contributed by atoms with E-state index in [4.69, 9.17) is 0 Å². The monoisotopic (exact) mass is 210 g/mol. The largest absolute Gasteiger partial charge is 0.465 e. The van der Waals surface area contributed by atoms with Crippen molar-refractivity contribution in [3.63, 3.8) is 0 Å². The lowest BCUT2D eigenvalue weighted by Gasteiger charge is -2.08. The summed E-state index contributed by atoms with van der Waals surface area (Å²) in [5, 5.41) is 0. The zero-order valence-electron chi connectivity index (χ0n) is 9.29. The van der Waals surface area contributed by atoms with Crippen LogP contribution in [0.4, 0.5) is 0 Å². The Labute approximate surface area is 88.6 Å². The molecule has 0 saturated heterocycles. The van der Waals surface area contributed by atoms with Crippen LogP contribution in [0.1, 0.15) is 13.8 Å². The van der Waals surface area contributed by atoms with Gasteiger partial charge in [-0.1, -0.05) is 26.0 Å². The number of carbonyl (C=O) groups excluding carboxylic acids is 2. The van der Waals surface area contributed by atoms with Crippen LogP contribution in [0.25, 0.3) is 0 Å². The van der Waals surface area contributed by atoms with Crippen molar-refractivity contribution in [3.8, 4) is 0 Å². The Morgan fingerprint density at radius 2 is 1.33 bits per heavy atom. The van der Waals surface area contributed by atoms with Crippen LogP contribution in [0.5, 0.6) is 0 Å². The summed E-state index contributed by atoms with van der Waals surface area (Å²) in [6.45, 7) is 3.79. The SMILES string of the molecule is COC(=O)C1=CC(C)(C)C=C1C(=O)OC. The summed E-state index contributed by atoms with van der Waals surface area (Å²) in [5.41, 5.74) is 0.219. The Hall–Kier alpha value is -1.58. The van der Waals surface area contributed by atoms with Gasteiger partial charge in [-0.05, 0) is 0 Å². The lowest BCUT2D eigenvalue weighted by Crippen LogP contribution is -2.12. The average molecular weight is 210 g/mol. The molecule has 0 heterocycles. The Bertz CT molecular complexity index is 327. The molecule has 1 aliphatic carbocycles. The minimum absolute atomic E-state index is 0.273. The molecule has 15 heavy (non-hydrogen) atoms. The molecule has 0 aromatic carbocycles. The van der Waals surface area contributed by atoms with Crippen molar-refractivity contribution < 1.29 is 19.1 Å². The average Bonchev–Trinajstić information content (AvgIpc) is 2.52. The van der Waals surface area contributed by atoms with Gasteiger partial charge < -0.3 is 9.47 Å². The smallest absolute Gasteiger partial charge is 0.338 e. The van der Waals surface area contributed by atoms with Gasteiger partial charge in [-0.2, -0.15) is 0 Å². The van der Waals surface area contributed by atoms with E-state index < -0.39 is 11.9 Å². The van der Waals surface area contributed by atoms with Gasteiger partial charge >= 0.3 is 11.9 Å². The second-order valence-corrected chi connectivity index (χ2v) is 3.92. The van der Waals surface area contributed by atoms with Gasteiger partial charge in [0.25, 0.3) is 0 Å². The van der Waals surface area contributed by atoms with Crippen molar-refractivity contribution in [1.82, 2.24) is 0 Å². The fourth-order valence-electron chi connectivity index (χ4n) is 1.50. The highest BCUT2D eigenvalue weighted by molar-refractivity contribution is 6.08. The van der Waals surface area contributed by atoms with Crippen molar-refractivity contribution in [2.75, 3.05) is 14.2 Å². The molecule has 0 unspecified atom stereocenters. The van der Waals surface area contributed by atoms with Crippen LogP contribution in [-0.2, 0) is 19.1 Å². The number of methoxy groups -OCH3 is 2. The zero-order chi connectivity index (χ0) is 11.6. The van der Waals surface area contributed by atoms with Crippen molar-refractivity contribution in [3.05, 3.63) is 23.3 Å². The Balaban J connectivity index is 3.10. The second kappa shape index (κ2) is 3.88. The van der Waals surface area contributed by atoms with E-state index in [1.165, 1.54) is 14.2 Å². The normalized spacial score (nSPS) is 17.9. The predicted octanol–water partition coefficient (Wildman–Crippen LogP) is 1.22. The van der Waals surface area contributed by atoms with E-state index in [1.54, 1.807) is 12.2 Å². The number of carbonyl (C=O) groups is 2. The fourth-order valence-corrected chi connectivity index (χ4v) is 1.50. The molecule has 0 N–H and O–H groups in total. The standard InChI is InChI=1S/C11H14O4/c1-11(2)5-7(9(12)14-3)8(6-11)10(13)15-4/h5-6H,1-4H3. The van der Waals surface area contributed by atoms with E-state index in [-0.39, 0.29) is 16.6 Å². The lowest BCUT2D eigenvalue weighted by atomic mass is 9.96. The van der Waals surface area contributed by atoms with Crippen LogP contribution < -0.4 is 0 Å². The highest BCUT2D eigenvalue weighted by atomic mass is 16.5. The van der Waals surface area contributed by atoms with Gasteiger partial charge in [-0.15, -0.1) is 0 Å². The highest BCUT2D eigenvalue weighted by Crippen LogP contribution is 2.34. The summed E-state index contributed by atoms with van der Waals surface area (Å²) in [6, 6.07) is 0. The molecule has 4 heteroatoms. The van der Waals surface area contributed by atoms with E-state index in [0.717, 1.165) is 0 Å². The van der Waals surface area contributed by atoms with Crippen LogP contribution in [-0.4, -0.2) is 26.2 Å². The first-order chi connectivity index (χ1) is 6.91. The van der Waals surface area contributed by atoms with Crippen LogP contribution in [0.15, 0.2) is 23.3 Å². The third-order valence-corrected chi connectivity index (χ3v) is 2.13. The van der Waals surface area contributed by atoms with Crippen molar-refractivity contribution in [2.45, 2.75) is 13.8 Å². The van der Waals surface area contributed by atoms with E-state index in [1.807, 2.05) is 13.8 Å². The van der Waals surface area contributed by atoms with Crippen LogP contribution in [0.2, 0.25) is 0 Å². The molecule has 0 radical (unpaired) electrons. The van der Waals surface area contributed by atoms with Crippen LogP contribution >= 0.6 is 0 Å². The summed E-state index contributed by atoms with van der Waals surface area (Å²) in [4.78, 5) is 22.8. The molecular weight excluding hydrogens is 196 g/mol. The Morgan fingerprint density at radius 1 is 1.00 bits per heavy atom. The van der Waals surface area contributed by atoms with Crippen LogP contribution in [0, 0.1) is 5.41 Å². The molecule has 0 amide bonds. The van der Waals surface area contributed by atoms with Gasteiger partial charge in [0.2, 0.25) is 0 Å². The molecule has 0 fully saturated rings. The molecule has 82 valence electrons.